The minimum Gasteiger partial charge on any atom is -0.328 e. The molecule has 84 valence electrons. The molecular weight excluding hydrogens is 190 g/mol. The maximum atomic E-state index is 11.1. The summed E-state index contributed by atoms with van der Waals surface area (Å²) >= 11 is 0. The molecule has 15 heavy (non-hydrogen) atoms. The topological polar surface area (TPSA) is 44.7 Å². The van der Waals surface area contributed by atoms with Crippen molar-refractivity contribution in [3.63, 3.8) is 0 Å². The maximum Gasteiger partial charge on any atom is 0.221 e. The van der Waals surface area contributed by atoms with E-state index in [2.05, 4.69) is 17.3 Å². The third-order valence-corrected chi connectivity index (χ3v) is 2.81. The van der Waals surface area contributed by atoms with Gasteiger partial charge in [0.15, 0.2) is 0 Å². The van der Waals surface area contributed by atoms with Crippen molar-refractivity contribution in [1.29, 1.82) is 0 Å². The van der Waals surface area contributed by atoms with Crippen molar-refractivity contribution in [1.82, 2.24) is 10.3 Å². The summed E-state index contributed by atoms with van der Waals surface area (Å²) in [5, 5.41) is 9.16. The molecule has 1 rings (SSSR count). The molecule has 0 spiro atoms. The van der Waals surface area contributed by atoms with Crippen LogP contribution in [-0.4, -0.2) is 29.2 Å². The van der Waals surface area contributed by atoms with Gasteiger partial charge in [0.1, 0.15) is 0 Å². The highest BCUT2D eigenvalue weighted by atomic mass is 16.1. The second-order valence-electron chi connectivity index (χ2n) is 4.19. The Labute approximate surface area is 91.0 Å². The van der Waals surface area contributed by atoms with Crippen molar-refractivity contribution < 1.29 is 4.79 Å². The normalized spacial score (nSPS) is 26.6. The molecule has 1 aliphatic rings. The zero-order chi connectivity index (χ0) is 11.6. The van der Waals surface area contributed by atoms with Crippen molar-refractivity contribution >= 4 is 11.6 Å². The van der Waals surface area contributed by atoms with Crippen molar-refractivity contribution in [3.8, 4) is 0 Å². The third kappa shape index (κ3) is 2.19. The number of carbonyl (C=O) groups is 1. The van der Waals surface area contributed by atoms with Gasteiger partial charge in [-0.3, -0.25) is 9.80 Å². The number of carbonyl (C=O) groups excluding carboxylic acids is 1. The molecule has 0 aromatic carbocycles. The highest BCUT2D eigenvalue weighted by Crippen LogP contribution is 2.31. The van der Waals surface area contributed by atoms with Gasteiger partial charge in [-0.25, -0.2) is 0 Å². The SMILES string of the molecule is C/C=C(\NC(C)=O)C1(C)CC(C)=NN1C. The molecule has 1 heterocycles. The van der Waals surface area contributed by atoms with Crippen LogP contribution in [0.5, 0.6) is 0 Å². The number of likely N-dealkylation sites (N-methyl/N-ethyl adjacent to an activating group) is 1. The summed E-state index contributed by atoms with van der Waals surface area (Å²) in [6, 6.07) is 0. The Bertz CT molecular complexity index is 333. The van der Waals surface area contributed by atoms with Gasteiger partial charge >= 0.3 is 0 Å². The lowest BCUT2D eigenvalue weighted by Crippen LogP contribution is -2.45. The number of hydrazone groups is 1. The first-order chi connectivity index (χ1) is 6.90. The number of rotatable bonds is 2. The average Bonchev–Trinajstić information content (AvgIpc) is 2.37. The van der Waals surface area contributed by atoms with Gasteiger partial charge in [0.25, 0.3) is 0 Å². The molecule has 1 unspecified atom stereocenters. The first-order valence-electron chi connectivity index (χ1n) is 5.12. The first-order valence-corrected chi connectivity index (χ1v) is 5.12. The zero-order valence-electron chi connectivity index (χ0n) is 10.1. The van der Waals surface area contributed by atoms with Crippen LogP contribution in [0.25, 0.3) is 0 Å². The van der Waals surface area contributed by atoms with E-state index in [1.54, 1.807) is 0 Å². The lowest BCUT2D eigenvalue weighted by atomic mass is 9.92. The van der Waals surface area contributed by atoms with Gasteiger partial charge in [-0.2, -0.15) is 5.10 Å². The molecular formula is C11H19N3O. The molecule has 1 amide bonds. The number of nitrogens with one attached hydrogen (secondary N) is 1. The van der Waals surface area contributed by atoms with Crippen LogP contribution < -0.4 is 5.32 Å². The standard InChI is InChI=1S/C11H19N3O/c1-6-10(12-9(3)15)11(4)7-8(2)13-14(11)5/h6H,7H2,1-5H3,(H,12,15)/b10-6-. The summed E-state index contributed by atoms with van der Waals surface area (Å²) in [6.07, 6.45) is 2.79. The quantitative estimate of drug-likeness (QED) is 0.749. The van der Waals surface area contributed by atoms with Gasteiger partial charge in [-0.1, -0.05) is 6.08 Å². The van der Waals surface area contributed by atoms with E-state index in [0.717, 1.165) is 17.8 Å². The molecule has 1 atom stereocenters. The minimum atomic E-state index is -0.218. The molecule has 0 bridgehead atoms. The Balaban J connectivity index is 2.91. The number of amides is 1. The van der Waals surface area contributed by atoms with Crippen LogP contribution >= 0.6 is 0 Å². The Hall–Kier alpha value is -1.32. The van der Waals surface area contributed by atoms with Gasteiger partial charge in [-0.15, -0.1) is 0 Å². The maximum absolute atomic E-state index is 11.1. The van der Waals surface area contributed by atoms with E-state index in [4.69, 9.17) is 0 Å². The summed E-state index contributed by atoms with van der Waals surface area (Å²) in [5.41, 5.74) is 1.78. The van der Waals surface area contributed by atoms with Gasteiger partial charge in [-0.05, 0) is 20.8 Å². The predicted octanol–water partition coefficient (Wildman–Crippen LogP) is 1.50. The van der Waals surface area contributed by atoms with Gasteiger partial charge in [0.2, 0.25) is 5.91 Å². The van der Waals surface area contributed by atoms with Crippen LogP contribution in [0.3, 0.4) is 0 Å². The molecule has 0 aromatic heterocycles. The van der Waals surface area contributed by atoms with Crippen LogP contribution in [0.1, 0.15) is 34.1 Å². The second-order valence-corrected chi connectivity index (χ2v) is 4.19. The van der Waals surface area contributed by atoms with Crippen molar-refractivity contribution in [3.05, 3.63) is 11.8 Å². The molecule has 0 saturated carbocycles. The van der Waals surface area contributed by atoms with Crippen LogP contribution in [0.2, 0.25) is 0 Å². The smallest absolute Gasteiger partial charge is 0.221 e. The van der Waals surface area contributed by atoms with E-state index in [-0.39, 0.29) is 11.4 Å². The minimum absolute atomic E-state index is 0.0396. The molecule has 4 heteroatoms. The van der Waals surface area contributed by atoms with Crippen molar-refractivity contribution in [2.45, 2.75) is 39.7 Å². The Morgan fingerprint density at radius 2 is 2.27 bits per heavy atom. The number of hydrogen-bond acceptors (Lipinski definition) is 3. The fourth-order valence-electron chi connectivity index (χ4n) is 1.99. The lowest BCUT2D eigenvalue weighted by molar-refractivity contribution is -0.118. The van der Waals surface area contributed by atoms with E-state index >= 15 is 0 Å². The number of hydrogen-bond donors (Lipinski definition) is 1. The van der Waals surface area contributed by atoms with E-state index in [9.17, 15) is 4.79 Å². The van der Waals surface area contributed by atoms with E-state index in [1.165, 1.54) is 6.92 Å². The summed E-state index contributed by atoms with van der Waals surface area (Å²) in [5.74, 6) is -0.0396. The number of nitrogens with zero attached hydrogens (tertiary/aromatic N) is 2. The van der Waals surface area contributed by atoms with Crippen molar-refractivity contribution in [2.24, 2.45) is 5.10 Å². The van der Waals surface area contributed by atoms with E-state index < -0.39 is 0 Å². The van der Waals surface area contributed by atoms with Gasteiger partial charge in [0.05, 0.1) is 5.54 Å². The van der Waals surface area contributed by atoms with Crippen LogP contribution in [0.4, 0.5) is 0 Å². The zero-order valence-corrected chi connectivity index (χ0v) is 10.1. The summed E-state index contributed by atoms with van der Waals surface area (Å²) in [7, 11) is 1.93. The number of allylic oxidation sites excluding steroid dienone is 1. The summed E-state index contributed by atoms with van der Waals surface area (Å²) in [4.78, 5) is 11.1. The predicted molar refractivity (Wildman–Crippen MR) is 61.5 cm³/mol. The Morgan fingerprint density at radius 3 is 2.60 bits per heavy atom. The third-order valence-electron chi connectivity index (χ3n) is 2.81. The van der Waals surface area contributed by atoms with Gasteiger partial charge < -0.3 is 5.32 Å². The van der Waals surface area contributed by atoms with Gasteiger partial charge in [0, 0.05) is 31.8 Å². The molecule has 0 aromatic rings. The van der Waals surface area contributed by atoms with E-state index in [1.807, 2.05) is 32.0 Å². The molecule has 4 nitrogen and oxygen atoms in total. The summed E-state index contributed by atoms with van der Waals surface area (Å²) in [6.45, 7) is 7.54. The average molecular weight is 209 g/mol. The van der Waals surface area contributed by atoms with Crippen LogP contribution in [-0.2, 0) is 4.79 Å². The highest BCUT2D eigenvalue weighted by Gasteiger charge is 2.38. The van der Waals surface area contributed by atoms with Crippen molar-refractivity contribution in [2.75, 3.05) is 7.05 Å². The molecule has 0 saturated heterocycles. The Morgan fingerprint density at radius 1 is 1.67 bits per heavy atom. The molecule has 0 radical (unpaired) electrons. The Kier molecular flexibility index (Phi) is 3.17. The van der Waals surface area contributed by atoms with Crippen LogP contribution in [0, 0.1) is 0 Å². The fraction of sp³-hybridized carbons (Fsp3) is 0.636. The molecule has 0 fully saturated rings. The summed E-state index contributed by atoms with van der Waals surface area (Å²) < 4.78 is 0. The monoisotopic (exact) mass is 209 g/mol. The molecule has 1 N–H and O–H groups in total. The first kappa shape index (κ1) is 11.8. The highest BCUT2D eigenvalue weighted by molar-refractivity contribution is 5.85. The van der Waals surface area contributed by atoms with Crippen LogP contribution in [0.15, 0.2) is 16.9 Å². The fourth-order valence-corrected chi connectivity index (χ4v) is 1.99. The van der Waals surface area contributed by atoms with E-state index in [0.29, 0.717) is 0 Å². The lowest BCUT2D eigenvalue weighted by Gasteiger charge is -2.34. The molecule has 0 aliphatic carbocycles. The molecule has 1 aliphatic heterocycles. The second kappa shape index (κ2) is 4.04. The largest absolute Gasteiger partial charge is 0.328 e.